The van der Waals surface area contributed by atoms with Crippen LogP contribution < -0.4 is 4.74 Å². The van der Waals surface area contributed by atoms with E-state index >= 15 is 0 Å². The molecule has 0 saturated heterocycles. The molecule has 3 nitrogen and oxygen atoms in total. The molecule has 0 unspecified atom stereocenters. The maximum Gasteiger partial charge on any atom is 0.118 e. The zero-order chi connectivity index (χ0) is 13.1. The highest BCUT2D eigenvalue weighted by atomic mass is 16.5. The molecule has 0 radical (unpaired) electrons. The Morgan fingerprint density at radius 3 is 2.39 bits per heavy atom. The van der Waals surface area contributed by atoms with Crippen molar-refractivity contribution in [2.24, 2.45) is 11.8 Å². The van der Waals surface area contributed by atoms with Crippen LogP contribution in [0.25, 0.3) is 0 Å². The van der Waals surface area contributed by atoms with Crippen LogP contribution in [0.5, 0.6) is 5.75 Å². The molecule has 98 valence electrons. The first-order valence-corrected chi connectivity index (χ1v) is 6.28. The Hall–Kier alpha value is -1.32. The maximum atomic E-state index is 10.3. The normalized spacial score (nSPS) is 31.3. The molecule has 0 amide bonds. The van der Waals surface area contributed by atoms with Crippen LogP contribution in [-0.2, 0) is 0 Å². The van der Waals surface area contributed by atoms with E-state index in [-0.39, 0.29) is 24.4 Å². The first-order valence-electron chi connectivity index (χ1n) is 6.28. The second-order valence-corrected chi connectivity index (χ2v) is 4.88. The minimum absolute atomic E-state index is 0.0168. The molecular formula is C15H20O3. The summed E-state index contributed by atoms with van der Waals surface area (Å²) in [5, 5.41) is 19.6. The summed E-state index contributed by atoms with van der Waals surface area (Å²) in [6.07, 6.45) is 3.45. The molecule has 4 atom stereocenters. The van der Waals surface area contributed by atoms with Crippen molar-refractivity contribution in [1.82, 2.24) is 0 Å². The number of aliphatic hydroxyl groups is 2. The van der Waals surface area contributed by atoms with Gasteiger partial charge in [-0.15, -0.1) is 0 Å². The highest BCUT2D eigenvalue weighted by Crippen LogP contribution is 2.37. The molecule has 0 saturated carbocycles. The van der Waals surface area contributed by atoms with Crippen molar-refractivity contribution in [2.75, 3.05) is 13.7 Å². The topological polar surface area (TPSA) is 49.7 Å². The molecule has 1 aromatic rings. The van der Waals surface area contributed by atoms with Crippen molar-refractivity contribution in [3.63, 3.8) is 0 Å². The largest absolute Gasteiger partial charge is 0.497 e. The van der Waals surface area contributed by atoms with Gasteiger partial charge in [0, 0.05) is 11.8 Å². The number of rotatable bonds is 3. The Kier molecular flexibility index (Phi) is 4.04. The highest BCUT2D eigenvalue weighted by molar-refractivity contribution is 5.32. The number of ether oxygens (including phenoxy) is 1. The Labute approximate surface area is 108 Å². The smallest absolute Gasteiger partial charge is 0.118 e. The number of allylic oxidation sites excluding steroid dienone is 1. The second-order valence-electron chi connectivity index (χ2n) is 4.88. The lowest BCUT2D eigenvalue weighted by Gasteiger charge is -2.34. The molecule has 0 spiro atoms. The maximum absolute atomic E-state index is 10.3. The monoisotopic (exact) mass is 248 g/mol. The van der Waals surface area contributed by atoms with Gasteiger partial charge in [-0.3, -0.25) is 0 Å². The van der Waals surface area contributed by atoms with E-state index in [0.29, 0.717) is 0 Å². The molecule has 0 aromatic heterocycles. The molecule has 0 heterocycles. The van der Waals surface area contributed by atoms with Crippen LogP contribution in [0.15, 0.2) is 36.4 Å². The third-order valence-corrected chi connectivity index (χ3v) is 3.75. The van der Waals surface area contributed by atoms with Crippen LogP contribution in [0.1, 0.15) is 18.4 Å². The number of hydrogen-bond donors (Lipinski definition) is 2. The van der Waals surface area contributed by atoms with E-state index in [0.717, 1.165) is 11.3 Å². The van der Waals surface area contributed by atoms with Crippen LogP contribution >= 0.6 is 0 Å². The van der Waals surface area contributed by atoms with Gasteiger partial charge in [-0.1, -0.05) is 31.2 Å². The molecule has 0 fully saturated rings. The van der Waals surface area contributed by atoms with Crippen molar-refractivity contribution < 1.29 is 14.9 Å². The summed E-state index contributed by atoms with van der Waals surface area (Å²) in [4.78, 5) is 0. The van der Waals surface area contributed by atoms with Gasteiger partial charge in [0.15, 0.2) is 0 Å². The Morgan fingerprint density at radius 1 is 1.17 bits per heavy atom. The fourth-order valence-electron chi connectivity index (χ4n) is 2.62. The minimum atomic E-state index is -0.539. The van der Waals surface area contributed by atoms with Crippen molar-refractivity contribution in [2.45, 2.75) is 18.9 Å². The molecule has 0 bridgehead atoms. The fourth-order valence-corrected chi connectivity index (χ4v) is 2.62. The van der Waals surface area contributed by atoms with E-state index in [2.05, 4.69) is 13.0 Å². The average Bonchev–Trinajstić information content (AvgIpc) is 2.40. The summed E-state index contributed by atoms with van der Waals surface area (Å²) in [5.74, 6) is 0.925. The van der Waals surface area contributed by atoms with Gasteiger partial charge in [0.2, 0.25) is 0 Å². The van der Waals surface area contributed by atoms with Gasteiger partial charge < -0.3 is 14.9 Å². The SMILES string of the molecule is COc1ccc([C@H]2[C@H](O)[C@@H](CO)C=C[C@H]2C)cc1. The molecule has 2 N–H and O–H groups in total. The third-order valence-electron chi connectivity index (χ3n) is 3.75. The molecule has 18 heavy (non-hydrogen) atoms. The van der Waals surface area contributed by atoms with Crippen LogP contribution in [0.2, 0.25) is 0 Å². The number of methoxy groups -OCH3 is 1. The van der Waals surface area contributed by atoms with Gasteiger partial charge in [0.1, 0.15) is 5.75 Å². The molecule has 1 aliphatic carbocycles. The fraction of sp³-hybridized carbons (Fsp3) is 0.467. The van der Waals surface area contributed by atoms with Crippen LogP contribution in [0, 0.1) is 11.8 Å². The summed E-state index contributed by atoms with van der Waals surface area (Å²) < 4.78 is 5.14. The molecule has 3 heteroatoms. The van der Waals surface area contributed by atoms with Gasteiger partial charge in [0.25, 0.3) is 0 Å². The summed E-state index contributed by atoms with van der Waals surface area (Å²) in [7, 11) is 1.64. The van der Waals surface area contributed by atoms with E-state index in [9.17, 15) is 10.2 Å². The first kappa shape index (κ1) is 13.1. The summed E-state index contributed by atoms with van der Waals surface area (Å²) in [6, 6.07) is 7.77. The highest BCUT2D eigenvalue weighted by Gasteiger charge is 2.33. The van der Waals surface area contributed by atoms with Crippen molar-refractivity contribution >= 4 is 0 Å². The van der Waals surface area contributed by atoms with Gasteiger partial charge in [0.05, 0.1) is 19.8 Å². The quantitative estimate of drug-likeness (QED) is 0.804. The molecule has 1 aliphatic rings. The van der Waals surface area contributed by atoms with Crippen LogP contribution in [0.3, 0.4) is 0 Å². The first-order chi connectivity index (χ1) is 8.67. The Morgan fingerprint density at radius 2 is 1.83 bits per heavy atom. The standard InChI is InChI=1S/C15H20O3/c1-10-3-4-12(9-16)15(17)14(10)11-5-7-13(18-2)8-6-11/h3-8,10,12,14-17H,9H2,1-2H3/t10-,12-,14+,15-/m1/s1. The van der Waals surface area contributed by atoms with Crippen LogP contribution in [0.4, 0.5) is 0 Å². The molecular weight excluding hydrogens is 228 g/mol. The number of benzene rings is 1. The van der Waals surface area contributed by atoms with Gasteiger partial charge in [-0.25, -0.2) is 0 Å². The van der Waals surface area contributed by atoms with E-state index in [4.69, 9.17) is 4.74 Å². The zero-order valence-electron chi connectivity index (χ0n) is 10.8. The second kappa shape index (κ2) is 5.55. The molecule has 0 aliphatic heterocycles. The van der Waals surface area contributed by atoms with Crippen molar-refractivity contribution in [3.05, 3.63) is 42.0 Å². The van der Waals surface area contributed by atoms with E-state index < -0.39 is 6.10 Å². The predicted molar refractivity (Wildman–Crippen MR) is 70.6 cm³/mol. The van der Waals surface area contributed by atoms with E-state index in [1.807, 2.05) is 30.3 Å². The lowest BCUT2D eigenvalue weighted by atomic mass is 9.74. The molecule has 2 rings (SSSR count). The number of aliphatic hydroxyl groups excluding tert-OH is 2. The summed E-state index contributed by atoms with van der Waals surface area (Å²) in [6.45, 7) is 2.07. The van der Waals surface area contributed by atoms with Gasteiger partial charge >= 0.3 is 0 Å². The molecule has 1 aromatic carbocycles. The average molecular weight is 248 g/mol. The van der Waals surface area contributed by atoms with Crippen molar-refractivity contribution in [3.8, 4) is 5.75 Å². The lowest BCUT2D eigenvalue weighted by Crippen LogP contribution is -2.35. The summed E-state index contributed by atoms with van der Waals surface area (Å²) >= 11 is 0. The van der Waals surface area contributed by atoms with Gasteiger partial charge in [-0.05, 0) is 23.6 Å². The lowest BCUT2D eigenvalue weighted by molar-refractivity contribution is 0.0515. The van der Waals surface area contributed by atoms with E-state index in [1.165, 1.54) is 0 Å². The zero-order valence-corrected chi connectivity index (χ0v) is 10.8. The summed E-state index contributed by atoms with van der Waals surface area (Å²) in [5.41, 5.74) is 1.08. The van der Waals surface area contributed by atoms with Crippen LogP contribution in [-0.4, -0.2) is 30.0 Å². The Balaban J connectivity index is 2.27. The van der Waals surface area contributed by atoms with Crippen molar-refractivity contribution in [1.29, 1.82) is 0 Å². The third kappa shape index (κ3) is 2.42. The minimum Gasteiger partial charge on any atom is -0.497 e. The van der Waals surface area contributed by atoms with E-state index in [1.54, 1.807) is 7.11 Å². The van der Waals surface area contributed by atoms with Gasteiger partial charge in [-0.2, -0.15) is 0 Å². The predicted octanol–water partition coefficient (Wildman–Crippen LogP) is 1.95. The Bertz CT molecular complexity index is 410. The number of hydrogen-bond acceptors (Lipinski definition) is 3.